The van der Waals surface area contributed by atoms with Crippen molar-refractivity contribution < 1.29 is 14.3 Å². The molecule has 1 amide bonds. The first-order valence-corrected chi connectivity index (χ1v) is 7.51. The summed E-state index contributed by atoms with van der Waals surface area (Å²) in [5.74, 6) is -0.333. The lowest BCUT2D eigenvalue weighted by atomic mass is 9.95. The molecule has 0 fully saturated rings. The van der Waals surface area contributed by atoms with Gasteiger partial charge in [-0.3, -0.25) is 4.79 Å². The molecule has 0 radical (unpaired) electrons. The van der Waals surface area contributed by atoms with Crippen LogP contribution in [0.25, 0.3) is 0 Å². The molecule has 2 aromatic rings. The fraction of sp³-hybridized carbons (Fsp3) is 0.263. The van der Waals surface area contributed by atoms with Crippen LogP contribution in [0.5, 0.6) is 5.75 Å². The van der Waals surface area contributed by atoms with Crippen molar-refractivity contribution in [3.63, 3.8) is 0 Å². The molecular weight excluding hydrogens is 290 g/mol. The maximum atomic E-state index is 11.9. The Kier molecular flexibility index (Phi) is 5.52. The van der Waals surface area contributed by atoms with E-state index in [9.17, 15) is 9.59 Å². The number of hydrogen-bond donors (Lipinski definition) is 1. The van der Waals surface area contributed by atoms with E-state index in [-0.39, 0.29) is 5.91 Å². The molecule has 0 aromatic heterocycles. The third-order valence-electron chi connectivity index (χ3n) is 3.78. The first-order chi connectivity index (χ1) is 11.1. The highest BCUT2D eigenvalue weighted by Crippen LogP contribution is 2.24. The number of benzene rings is 2. The van der Waals surface area contributed by atoms with Gasteiger partial charge in [0.15, 0.2) is 0 Å². The SMILES string of the molecule is CNC(=O)[C@@H](C=O)c1ccccc1COc1cc(C)ccc1C. The Balaban J connectivity index is 2.25. The predicted molar refractivity (Wildman–Crippen MR) is 89.6 cm³/mol. The molecule has 0 bridgehead atoms. The number of amides is 1. The topological polar surface area (TPSA) is 55.4 Å². The second kappa shape index (κ2) is 7.58. The van der Waals surface area contributed by atoms with Gasteiger partial charge in [-0.15, -0.1) is 0 Å². The van der Waals surface area contributed by atoms with Gasteiger partial charge in [-0.25, -0.2) is 0 Å². The average Bonchev–Trinajstić information content (AvgIpc) is 2.57. The monoisotopic (exact) mass is 311 g/mol. The number of likely N-dealkylation sites (N-methyl/N-ethyl adjacent to an activating group) is 1. The van der Waals surface area contributed by atoms with Crippen LogP contribution in [0.4, 0.5) is 0 Å². The van der Waals surface area contributed by atoms with Gasteiger partial charge in [0.05, 0.1) is 0 Å². The van der Waals surface area contributed by atoms with Crippen molar-refractivity contribution in [2.45, 2.75) is 26.4 Å². The number of carbonyl (C=O) groups is 2. The molecule has 0 unspecified atom stereocenters. The summed E-state index contributed by atoms with van der Waals surface area (Å²) in [7, 11) is 1.52. The molecule has 1 N–H and O–H groups in total. The maximum Gasteiger partial charge on any atom is 0.234 e. The van der Waals surface area contributed by atoms with Crippen LogP contribution in [0.2, 0.25) is 0 Å². The summed E-state index contributed by atoms with van der Waals surface area (Å²) in [4.78, 5) is 23.2. The van der Waals surface area contributed by atoms with Crippen molar-refractivity contribution >= 4 is 12.2 Å². The van der Waals surface area contributed by atoms with Crippen molar-refractivity contribution in [2.24, 2.45) is 0 Å². The van der Waals surface area contributed by atoms with Gasteiger partial charge in [0.2, 0.25) is 5.91 Å². The molecule has 4 heteroatoms. The third kappa shape index (κ3) is 3.97. The Labute approximate surface area is 136 Å². The Morgan fingerprint density at radius 2 is 1.96 bits per heavy atom. The van der Waals surface area contributed by atoms with E-state index in [1.54, 1.807) is 6.07 Å². The minimum absolute atomic E-state index is 0.307. The van der Waals surface area contributed by atoms with Crippen LogP contribution in [0, 0.1) is 13.8 Å². The first-order valence-electron chi connectivity index (χ1n) is 7.51. The molecule has 4 nitrogen and oxygen atoms in total. The van der Waals surface area contributed by atoms with E-state index in [2.05, 4.69) is 5.32 Å². The summed E-state index contributed by atoms with van der Waals surface area (Å²) >= 11 is 0. The minimum atomic E-state index is -0.821. The second-order valence-electron chi connectivity index (χ2n) is 5.48. The lowest BCUT2D eigenvalue weighted by Crippen LogP contribution is -2.27. The molecule has 2 rings (SSSR count). The third-order valence-corrected chi connectivity index (χ3v) is 3.78. The lowest BCUT2D eigenvalue weighted by Gasteiger charge is -2.16. The number of aryl methyl sites for hydroxylation is 2. The standard InChI is InChI=1S/C19H21NO3/c1-13-8-9-14(2)18(10-13)23-12-15-6-4-5-7-16(15)17(11-21)19(22)20-3/h4-11,17H,12H2,1-3H3,(H,20,22)/t17-/m0/s1. The number of nitrogens with one attached hydrogen (secondary N) is 1. The van der Waals surface area contributed by atoms with Crippen LogP contribution in [0.3, 0.4) is 0 Å². The first kappa shape index (κ1) is 16.7. The van der Waals surface area contributed by atoms with Crippen molar-refractivity contribution in [3.8, 4) is 5.75 Å². The minimum Gasteiger partial charge on any atom is -0.489 e. The number of ether oxygens (including phenoxy) is 1. The number of hydrogen-bond acceptors (Lipinski definition) is 3. The number of carbonyl (C=O) groups excluding carboxylic acids is 2. The molecule has 0 saturated heterocycles. The van der Waals surface area contributed by atoms with Gasteiger partial charge in [-0.05, 0) is 42.2 Å². The van der Waals surface area contributed by atoms with Crippen LogP contribution in [0.1, 0.15) is 28.2 Å². The zero-order chi connectivity index (χ0) is 16.8. The summed E-state index contributed by atoms with van der Waals surface area (Å²) in [6.07, 6.45) is 0.662. The zero-order valence-corrected chi connectivity index (χ0v) is 13.6. The lowest BCUT2D eigenvalue weighted by molar-refractivity contribution is -0.125. The predicted octanol–water partition coefficient (Wildman–Crippen LogP) is 2.91. The smallest absolute Gasteiger partial charge is 0.234 e. The molecular formula is C19H21NO3. The Hall–Kier alpha value is -2.62. The van der Waals surface area contributed by atoms with E-state index >= 15 is 0 Å². The van der Waals surface area contributed by atoms with Crippen LogP contribution in [-0.4, -0.2) is 19.2 Å². The zero-order valence-electron chi connectivity index (χ0n) is 13.6. The van der Waals surface area contributed by atoms with Crippen LogP contribution < -0.4 is 10.1 Å². The fourth-order valence-corrected chi connectivity index (χ4v) is 2.42. The normalized spacial score (nSPS) is 11.6. The Bertz CT molecular complexity index is 710. The van der Waals surface area contributed by atoms with E-state index in [0.29, 0.717) is 18.5 Å². The highest BCUT2D eigenvalue weighted by Gasteiger charge is 2.21. The number of rotatable bonds is 6. The summed E-state index contributed by atoms with van der Waals surface area (Å²) in [6, 6.07) is 13.4. The van der Waals surface area contributed by atoms with E-state index < -0.39 is 5.92 Å². The summed E-state index contributed by atoms with van der Waals surface area (Å²) < 4.78 is 5.90. The van der Waals surface area contributed by atoms with Crippen molar-refractivity contribution in [1.82, 2.24) is 5.32 Å². The van der Waals surface area contributed by atoms with Gasteiger partial charge in [0.1, 0.15) is 24.6 Å². The van der Waals surface area contributed by atoms with Crippen LogP contribution >= 0.6 is 0 Å². The highest BCUT2D eigenvalue weighted by atomic mass is 16.5. The van der Waals surface area contributed by atoms with E-state index in [1.165, 1.54) is 7.05 Å². The fourth-order valence-electron chi connectivity index (χ4n) is 2.42. The van der Waals surface area contributed by atoms with Gasteiger partial charge in [0, 0.05) is 7.05 Å². The summed E-state index contributed by atoms with van der Waals surface area (Å²) in [5, 5.41) is 2.52. The average molecular weight is 311 g/mol. The molecule has 0 spiro atoms. The van der Waals surface area contributed by atoms with E-state index in [0.717, 1.165) is 22.4 Å². The molecule has 23 heavy (non-hydrogen) atoms. The highest BCUT2D eigenvalue weighted by molar-refractivity contribution is 5.97. The van der Waals surface area contributed by atoms with Gasteiger partial charge in [0.25, 0.3) is 0 Å². The second-order valence-corrected chi connectivity index (χ2v) is 5.48. The maximum absolute atomic E-state index is 11.9. The van der Waals surface area contributed by atoms with E-state index in [1.807, 2.05) is 50.2 Å². The molecule has 1 atom stereocenters. The molecule has 0 aliphatic heterocycles. The molecule has 0 aliphatic carbocycles. The molecule has 0 saturated carbocycles. The quantitative estimate of drug-likeness (QED) is 0.659. The van der Waals surface area contributed by atoms with Gasteiger partial charge in [-0.1, -0.05) is 36.4 Å². The Morgan fingerprint density at radius 1 is 1.22 bits per heavy atom. The Morgan fingerprint density at radius 3 is 2.65 bits per heavy atom. The van der Waals surface area contributed by atoms with Gasteiger partial charge >= 0.3 is 0 Å². The van der Waals surface area contributed by atoms with Crippen molar-refractivity contribution in [1.29, 1.82) is 0 Å². The molecule has 120 valence electrons. The molecule has 2 aromatic carbocycles. The molecule has 0 heterocycles. The van der Waals surface area contributed by atoms with Crippen molar-refractivity contribution in [3.05, 3.63) is 64.7 Å². The van der Waals surface area contributed by atoms with Gasteiger partial charge < -0.3 is 14.8 Å². The number of aldehydes is 1. The van der Waals surface area contributed by atoms with Crippen molar-refractivity contribution in [2.75, 3.05) is 7.05 Å². The molecule has 0 aliphatic rings. The summed E-state index contributed by atoms with van der Waals surface area (Å²) in [6.45, 7) is 4.30. The van der Waals surface area contributed by atoms with Crippen LogP contribution in [0.15, 0.2) is 42.5 Å². The van der Waals surface area contributed by atoms with E-state index in [4.69, 9.17) is 4.74 Å². The van der Waals surface area contributed by atoms with Gasteiger partial charge in [-0.2, -0.15) is 0 Å². The summed E-state index contributed by atoms with van der Waals surface area (Å²) in [5.41, 5.74) is 3.67. The largest absolute Gasteiger partial charge is 0.489 e. The van der Waals surface area contributed by atoms with Crippen LogP contribution in [-0.2, 0) is 16.2 Å².